The predicted molar refractivity (Wildman–Crippen MR) is 97.4 cm³/mol. The van der Waals surface area contributed by atoms with Gasteiger partial charge in [-0.3, -0.25) is 9.52 Å². The van der Waals surface area contributed by atoms with Gasteiger partial charge in [0.25, 0.3) is 0 Å². The Morgan fingerprint density at radius 2 is 1.96 bits per heavy atom. The number of nitrogens with zero attached hydrogens (tertiary/aromatic N) is 1. The third kappa shape index (κ3) is 4.97. The molecule has 24 heavy (non-hydrogen) atoms. The van der Waals surface area contributed by atoms with Crippen molar-refractivity contribution in [3.63, 3.8) is 0 Å². The highest BCUT2D eigenvalue weighted by Gasteiger charge is 2.30. The van der Waals surface area contributed by atoms with E-state index in [-0.39, 0.29) is 17.7 Å². The summed E-state index contributed by atoms with van der Waals surface area (Å²) in [5.41, 5.74) is 1.60. The van der Waals surface area contributed by atoms with E-state index < -0.39 is 15.9 Å². The number of amides is 1. The van der Waals surface area contributed by atoms with Crippen molar-refractivity contribution < 1.29 is 13.2 Å². The van der Waals surface area contributed by atoms with Crippen molar-refractivity contribution >= 4 is 21.6 Å². The average molecular weight is 353 g/mol. The van der Waals surface area contributed by atoms with Gasteiger partial charge >= 0.3 is 0 Å². The molecule has 1 aliphatic rings. The van der Waals surface area contributed by atoms with E-state index in [4.69, 9.17) is 0 Å². The average Bonchev–Trinajstić information content (AvgIpc) is 2.55. The van der Waals surface area contributed by atoms with Crippen LogP contribution in [0.2, 0.25) is 0 Å². The summed E-state index contributed by atoms with van der Waals surface area (Å²) < 4.78 is 27.3. The Morgan fingerprint density at radius 1 is 1.29 bits per heavy atom. The first-order chi connectivity index (χ1) is 11.3. The van der Waals surface area contributed by atoms with Gasteiger partial charge in [-0.15, -0.1) is 0 Å². The van der Waals surface area contributed by atoms with Gasteiger partial charge in [-0.25, -0.2) is 8.42 Å². The molecular weight excluding hydrogens is 324 g/mol. The van der Waals surface area contributed by atoms with Gasteiger partial charge in [0.1, 0.15) is 0 Å². The minimum absolute atomic E-state index is 0.0455. The number of likely N-dealkylation sites (tertiary alicyclic amines) is 1. The maximum atomic E-state index is 12.7. The van der Waals surface area contributed by atoms with Crippen LogP contribution in [0.25, 0.3) is 0 Å². The first-order valence-corrected chi connectivity index (χ1v) is 10.3. The van der Waals surface area contributed by atoms with Gasteiger partial charge in [0.15, 0.2) is 0 Å². The van der Waals surface area contributed by atoms with Crippen LogP contribution in [0.15, 0.2) is 24.3 Å². The van der Waals surface area contributed by atoms with Crippen LogP contribution in [0.4, 0.5) is 5.69 Å². The molecule has 134 valence electrons. The molecule has 0 radical (unpaired) electrons. The molecule has 0 saturated carbocycles. The van der Waals surface area contributed by atoms with Crippen LogP contribution < -0.4 is 4.72 Å². The van der Waals surface area contributed by atoms with E-state index in [1.807, 2.05) is 24.0 Å². The summed E-state index contributed by atoms with van der Waals surface area (Å²) in [6.07, 6.45) is 4.09. The van der Waals surface area contributed by atoms with Crippen molar-refractivity contribution in [2.75, 3.05) is 17.0 Å². The summed E-state index contributed by atoms with van der Waals surface area (Å²) in [5.74, 6) is -0.775. The van der Waals surface area contributed by atoms with Gasteiger partial charge in [-0.2, -0.15) is 0 Å². The van der Waals surface area contributed by atoms with Crippen LogP contribution in [-0.2, 0) is 14.8 Å². The molecule has 1 N–H and O–H groups in total. The Morgan fingerprint density at radius 3 is 2.58 bits per heavy atom. The number of carbonyl (C=O) groups is 1. The van der Waals surface area contributed by atoms with E-state index in [1.165, 1.54) is 0 Å². The SMILES string of the molecule is CCC1CCCCN1C(=O)C(C)CS(=O)(=O)Nc1ccc(C)cc1. The zero-order valence-electron chi connectivity index (χ0n) is 14.8. The molecule has 0 bridgehead atoms. The number of rotatable bonds is 6. The zero-order valence-corrected chi connectivity index (χ0v) is 15.6. The summed E-state index contributed by atoms with van der Waals surface area (Å²) in [6.45, 7) is 6.48. The minimum atomic E-state index is -3.55. The fraction of sp³-hybridized carbons (Fsp3) is 0.611. The molecule has 2 rings (SSSR count). The molecule has 1 aliphatic heterocycles. The van der Waals surface area contributed by atoms with E-state index in [9.17, 15) is 13.2 Å². The molecule has 2 unspecified atom stereocenters. The molecule has 0 aromatic heterocycles. The lowest BCUT2D eigenvalue weighted by molar-refractivity contribution is -0.138. The number of hydrogen-bond donors (Lipinski definition) is 1. The number of aryl methyl sites for hydroxylation is 1. The van der Waals surface area contributed by atoms with E-state index in [2.05, 4.69) is 11.6 Å². The van der Waals surface area contributed by atoms with E-state index in [0.717, 1.165) is 37.8 Å². The number of piperidine rings is 1. The van der Waals surface area contributed by atoms with Crippen molar-refractivity contribution in [1.82, 2.24) is 4.90 Å². The molecule has 0 aliphatic carbocycles. The second-order valence-corrected chi connectivity index (χ2v) is 8.51. The normalized spacial score (nSPS) is 19.8. The van der Waals surface area contributed by atoms with Gasteiger partial charge < -0.3 is 4.90 Å². The zero-order chi connectivity index (χ0) is 17.7. The summed E-state index contributed by atoms with van der Waals surface area (Å²) in [7, 11) is -3.55. The van der Waals surface area contributed by atoms with Crippen LogP contribution in [-0.4, -0.2) is 37.6 Å². The number of nitrogens with one attached hydrogen (secondary N) is 1. The van der Waals surface area contributed by atoms with Gasteiger partial charge in [0.05, 0.1) is 11.7 Å². The molecule has 1 heterocycles. The summed E-state index contributed by atoms with van der Waals surface area (Å²) in [4.78, 5) is 14.6. The number of sulfonamides is 1. The standard InChI is InChI=1S/C18H28N2O3S/c1-4-17-7-5-6-12-20(17)18(21)15(3)13-24(22,23)19-16-10-8-14(2)9-11-16/h8-11,15,17,19H,4-7,12-13H2,1-3H3. The summed E-state index contributed by atoms with van der Waals surface area (Å²) >= 11 is 0. The van der Waals surface area contributed by atoms with E-state index in [0.29, 0.717) is 5.69 Å². The highest BCUT2D eigenvalue weighted by Crippen LogP contribution is 2.22. The van der Waals surface area contributed by atoms with Crippen molar-refractivity contribution in [2.45, 2.75) is 52.5 Å². The topological polar surface area (TPSA) is 66.5 Å². The fourth-order valence-electron chi connectivity index (χ4n) is 3.24. The summed E-state index contributed by atoms with van der Waals surface area (Å²) in [5, 5.41) is 0. The van der Waals surface area contributed by atoms with Crippen LogP contribution in [0.5, 0.6) is 0 Å². The molecule has 1 aromatic carbocycles. The van der Waals surface area contributed by atoms with Gasteiger partial charge in [-0.05, 0) is 44.7 Å². The number of benzene rings is 1. The van der Waals surface area contributed by atoms with Crippen molar-refractivity contribution in [3.8, 4) is 0 Å². The fourth-order valence-corrected chi connectivity index (χ4v) is 4.62. The lowest BCUT2D eigenvalue weighted by Crippen LogP contribution is -2.47. The predicted octanol–water partition coefficient (Wildman–Crippen LogP) is 3.16. The Bertz CT molecular complexity index is 655. The lowest BCUT2D eigenvalue weighted by Gasteiger charge is -2.36. The van der Waals surface area contributed by atoms with Crippen LogP contribution in [0.3, 0.4) is 0 Å². The molecule has 5 nitrogen and oxygen atoms in total. The van der Waals surface area contributed by atoms with E-state index in [1.54, 1.807) is 19.1 Å². The lowest BCUT2D eigenvalue weighted by atomic mass is 9.98. The number of hydrogen-bond acceptors (Lipinski definition) is 3. The van der Waals surface area contributed by atoms with Crippen LogP contribution in [0.1, 0.15) is 45.1 Å². The molecule has 1 amide bonds. The quantitative estimate of drug-likeness (QED) is 0.855. The van der Waals surface area contributed by atoms with Gasteiger partial charge in [-0.1, -0.05) is 31.5 Å². The van der Waals surface area contributed by atoms with Crippen molar-refractivity contribution in [2.24, 2.45) is 5.92 Å². The molecule has 1 fully saturated rings. The maximum absolute atomic E-state index is 12.7. The number of carbonyl (C=O) groups excluding carboxylic acids is 1. The molecule has 2 atom stereocenters. The van der Waals surface area contributed by atoms with Crippen LogP contribution >= 0.6 is 0 Å². The van der Waals surface area contributed by atoms with Crippen LogP contribution in [0, 0.1) is 12.8 Å². The largest absolute Gasteiger partial charge is 0.339 e. The monoisotopic (exact) mass is 352 g/mol. The smallest absolute Gasteiger partial charge is 0.233 e. The Kier molecular flexibility index (Phi) is 6.27. The molecule has 1 aromatic rings. The maximum Gasteiger partial charge on any atom is 0.233 e. The minimum Gasteiger partial charge on any atom is -0.339 e. The third-order valence-corrected chi connectivity index (χ3v) is 6.08. The van der Waals surface area contributed by atoms with Gasteiger partial charge in [0.2, 0.25) is 15.9 Å². The highest BCUT2D eigenvalue weighted by atomic mass is 32.2. The Balaban J connectivity index is 1.99. The Labute approximate surface area is 145 Å². The van der Waals surface area contributed by atoms with Gasteiger partial charge in [0, 0.05) is 18.3 Å². The second-order valence-electron chi connectivity index (χ2n) is 6.74. The Hall–Kier alpha value is -1.56. The first-order valence-electron chi connectivity index (χ1n) is 8.70. The highest BCUT2D eigenvalue weighted by molar-refractivity contribution is 7.92. The molecular formula is C18H28N2O3S. The third-order valence-electron chi connectivity index (χ3n) is 4.60. The second kappa shape index (κ2) is 8.01. The van der Waals surface area contributed by atoms with Crippen molar-refractivity contribution in [3.05, 3.63) is 29.8 Å². The summed E-state index contributed by atoms with van der Waals surface area (Å²) in [6, 6.07) is 7.42. The van der Waals surface area contributed by atoms with Crippen molar-refractivity contribution in [1.29, 1.82) is 0 Å². The first kappa shape index (κ1) is 18.8. The van der Waals surface area contributed by atoms with E-state index >= 15 is 0 Å². The molecule has 1 saturated heterocycles. The molecule has 6 heteroatoms. The number of anilines is 1. The molecule has 0 spiro atoms.